The maximum Gasteiger partial charge on any atom is 0.0603 e. The summed E-state index contributed by atoms with van der Waals surface area (Å²) in [5.74, 6) is 0. The van der Waals surface area contributed by atoms with Crippen molar-refractivity contribution in [2.24, 2.45) is 7.05 Å². The number of hydrogen-bond donors (Lipinski definition) is 0. The van der Waals surface area contributed by atoms with Crippen LogP contribution < -0.4 is 0 Å². The average molecular weight is 201 g/mol. The first-order valence-electron chi connectivity index (χ1n) is 3.05. The van der Waals surface area contributed by atoms with E-state index in [9.17, 15) is 0 Å². The Bertz CT molecular complexity index is 227. The van der Waals surface area contributed by atoms with Crippen molar-refractivity contribution in [2.45, 2.75) is 0 Å². The fraction of sp³-hybridized carbons (Fsp3) is 0.286. The molecule has 0 saturated heterocycles. The molecule has 0 aromatic carbocycles. The van der Waals surface area contributed by atoms with Crippen LogP contribution in [0.1, 0.15) is 5.69 Å². The van der Waals surface area contributed by atoms with Gasteiger partial charge < -0.3 is 0 Å². The fourth-order valence-electron chi connectivity index (χ4n) is 0.713. The number of alkyl halides is 1. The number of rotatable bonds is 2. The molecule has 0 atom stereocenters. The highest BCUT2D eigenvalue weighted by molar-refractivity contribution is 9.09. The molecule has 1 aromatic heterocycles. The molecular formula is C7H9BrN2. The molecule has 1 aromatic rings. The quantitative estimate of drug-likeness (QED) is 0.667. The maximum absolute atomic E-state index is 4.02. The number of aromatic nitrogens is 2. The summed E-state index contributed by atoms with van der Waals surface area (Å²) in [6, 6.07) is 1.97. The summed E-state index contributed by atoms with van der Waals surface area (Å²) >= 11 is 3.30. The zero-order valence-corrected chi connectivity index (χ0v) is 7.37. The van der Waals surface area contributed by atoms with E-state index in [4.69, 9.17) is 0 Å². The normalized spacial score (nSPS) is 11.0. The van der Waals surface area contributed by atoms with E-state index in [1.54, 1.807) is 6.20 Å². The van der Waals surface area contributed by atoms with Gasteiger partial charge in [0.25, 0.3) is 0 Å². The van der Waals surface area contributed by atoms with Crippen LogP contribution in [0.4, 0.5) is 0 Å². The number of allylic oxidation sites excluding steroid dienone is 1. The van der Waals surface area contributed by atoms with Crippen LogP contribution in [-0.2, 0) is 7.05 Å². The van der Waals surface area contributed by atoms with Gasteiger partial charge in [0.05, 0.1) is 5.69 Å². The van der Waals surface area contributed by atoms with Crippen molar-refractivity contribution in [2.75, 3.05) is 5.33 Å². The second-order valence-corrected chi connectivity index (χ2v) is 2.58. The monoisotopic (exact) mass is 200 g/mol. The summed E-state index contributed by atoms with van der Waals surface area (Å²) in [5.41, 5.74) is 1.12. The molecule has 0 unspecified atom stereocenters. The molecule has 0 aliphatic carbocycles. The molecule has 54 valence electrons. The van der Waals surface area contributed by atoms with Gasteiger partial charge in [0, 0.05) is 18.6 Å². The van der Waals surface area contributed by atoms with Crippen LogP contribution in [0.3, 0.4) is 0 Å². The Balaban J connectivity index is 2.74. The van der Waals surface area contributed by atoms with Gasteiger partial charge in [-0.1, -0.05) is 22.0 Å². The van der Waals surface area contributed by atoms with Gasteiger partial charge in [-0.2, -0.15) is 5.10 Å². The minimum absolute atomic E-state index is 0.887. The van der Waals surface area contributed by atoms with E-state index in [0.717, 1.165) is 11.0 Å². The standard InChI is InChI=1S/C7H9BrN2/c1-10-7(3-2-5-8)4-6-9-10/h2-4,6H,5H2,1H3. The van der Waals surface area contributed by atoms with E-state index >= 15 is 0 Å². The third kappa shape index (κ3) is 1.70. The van der Waals surface area contributed by atoms with Gasteiger partial charge in [-0.15, -0.1) is 0 Å². The third-order valence-corrected chi connectivity index (χ3v) is 1.61. The first-order valence-corrected chi connectivity index (χ1v) is 4.17. The zero-order chi connectivity index (χ0) is 7.40. The van der Waals surface area contributed by atoms with Crippen molar-refractivity contribution < 1.29 is 0 Å². The SMILES string of the molecule is Cn1nccc1C=CCBr. The Morgan fingerprint density at radius 1 is 1.80 bits per heavy atom. The van der Waals surface area contributed by atoms with Crippen LogP contribution >= 0.6 is 15.9 Å². The summed E-state index contributed by atoms with van der Waals surface area (Å²) in [6.07, 6.45) is 5.85. The van der Waals surface area contributed by atoms with Gasteiger partial charge in [-0.25, -0.2) is 0 Å². The van der Waals surface area contributed by atoms with Crippen molar-refractivity contribution in [1.29, 1.82) is 0 Å². The second kappa shape index (κ2) is 3.56. The molecule has 0 radical (unpaired) electrons. The van der Waals surface area contributed by atoms with Crippen molar-refractivity contribution in [1.82, 2.24) is 9.78 Å². The van der Waals surface area contributed by atoms with E-state index < -0.39 is 0 Å². The lowest BCUT2D eigenvalue weighted by molar-refractivity contribution is 0.759. The zero-order valence-electron chi connectivity index (χ0n) is 5.79. The highest BCUT2D eigenvalue weighted by Crippen LogP contribution is 1.99. The molecule has 1 heterocycles. The Hall–Kier alpha value is -0.570. The van der Waals surface area contributed by atoms with Gasteiger partial charge in [-0.3, -0.25) is 4.68 Å². The predicted molar refractivity (Wildman–Crippen MR) is 46.0 cm³/mol. The summed E-state index contributed by atoms with van der Waals surface area (Å²) in [6.45, 7) is 0. The van der Waals surface area contributed by atoms with Crippen LogP contribution in [0.5, 0.6) is 0 Å². The Morgan fingerprint density at radius 3 is 3.10 bits per heavy atom. The summed E-state index contributed by atoms with van der Waals surface area (Å²) in [4.78, 5) is 0. The topological polar surface area (TPSA) is 17.8 Å². The summed E-state index contributed by atoms with van der Waals surface area (Å²) in [5, 5.41) is 4.91. The minimum atomic E-state index is 0.887. The Kier molecular flexibility index (Phi) is 2.68. The van der Waals surface area contributed by atoms with Crippen LogP contribution in [0.25, 0.3) is 6.08 Å². The largest absolute Gasteiger partial charge is 0.269 e. The van der Waals surface area contributed by atoms with E-state index in [1.807, 2.05) is 29.9 Å². The lowest BCUT2D eigenvalue weighted by Gasteiger charge is -1.91. The molecular weight excluding hydrogens is 192 g/mol. The number of nitrogens with zero attached hydrogens (tertiary/aromatic N) is 2. The molecule has 0 spiro atoms. The van der Waals surface area contributed by atoms with Gasteiger partial charge >= 0.3 is 0 Å². The highest BCUT2D eigenvalue weighted by atomic mass is 79.9. The van der Waals surface area contributed by atoms with E-state index in [-0.39, 0.29) is 0 Å². The van der Waals surface area contributed by atoms with Crippen molar-refractivity contribution in [3.8, 4) is 0 Å². The van der Waals surface area contributed by atoms with Crippen LogP contribution in [0.15, 0.2) is 18.3 Å². The average Bonchev–Trinajstić information content (AvgIpc) is 2.31. The molecule has 1 rings (SSSR count). The molecule has 10 heavy (non-hydrogen) atoms. The predicted octanol–water partition coefficient (Wildman–Crippen LogP) is 1.83. The van der Waals surface area contributed by atoms with E-state index in [2.05, 4.69) is 21.0 Å². The van der Waals surface area contributed by atoms with Crippen molar-refractivity contribution >= 4 is 22.0 Å². The number of aryl methyl sites for hydroxylation is 1. The molecule has 3 heteroatoms. The first kappa shape index (κ1) is 7.54. The van der Waals surface area contributed by atoms with E-state index in [1.165, 1.54) is 0 Å². The molecule has 2 nitrogen and oxygen atoms in total. The van der Waals surface area contributed by atoms with Crippen molar-refractivity contribution in [3.63, 3.8) is 0 Å². The third-order valence-electron chi connectivity index (χ3n) is 1.24. The molecule has 0 N–H and O–H groups in total. The summed E-state index contributed by atoms with van der Waals surface area (Å²) in [7, 11) is 1.92. The molecule has 0 bridgehead atoms. The molecule has 0 amide bonds. The van der Waals surface area contributed by atoms with Crippen LogP contribution in [0, 0.1) is 0 Å². The first-order chi connectivity index (χ1) is 4.84. The summed E-state index contributed by atoms with van der Waals surface area (Å²) < 4.78 is 1.83. The molecule has 0 aliphatic rings. The van der Waals surface area contributed by atoms with Crippen LogP contribution in [0.2, 0.25) is 0 Å². The molecule has 0 aliphatic heterocycles. The van der Waals surface area contributed by atoms with E-state index in [0.29, 0.717) is 0 Å². The van der Waals surface area contributed by atoms with Gasteiger partial charge in [0.2, 0.25) is 0 Å². The lowest BCUT2D eigenvalue weighted by Crippen LogP contribution is -1.91. The molecule has 0 saturated carbocycles. The highest BCUT2D eigenvalue weighted by Gasteiger charge is 1.89. The Labute approximate surface area is 68.7 Å². The molecule has 0 fully saturated rings. The lowest BCUT2D eigenvalue weighted by atomic mass is 10.4. The smallest absolute Gasteiger partial charge is 0.0603 e. The number of halogens is 1. The van der Waals surface area contributed by atoms with Gasteiger partial charge in [-0.05, 0) is 12.1 Å². The fourth-order valence-corrected chi connectivity index (χ4v) is 0.900. The van der Waals surface area contributed by atoms with Crippen molar-refractivity contribution in [3.05, 3.63) is 24.0 Å². The Morgan fingerprint density at radius 2 is 2.60 bits per heavy atom. The van der Waals surface area contributed by atoms with Gasteiger partial charge in [0.1, 0.15) is 0 Å². The van der Waals surface area contributed by atoms with Crippen LogP contribution in [-0.4, -0.2) is 15.1 Å². The van der Waals surface area contributed by atoms with Gasteiger partial charge in [0.15, 0.2) is 0 Å². The maximum atomic E-state index is 4.02. The number of hydrogen-bond acceptors (Lipinski definition) is 1. The minimum Gasteiger partial charge on any atom is -0.269 e. The second-order valence-electron chi connectivity index (χ2n) is 1.94.